The Morgan fingerprint density at radius 1 is 1.17 bits per heavy atom. The van der Waals surface area contributed by atoms with E-state index in [1.165, 1.54) is 0 Å². The smallest absolute Gasteiger partial charge is 0.306 e. The number of ether oxygens (including phenoxy) is 2. The zero-order chi connectivity index (χ0) is 26.6. The predicted molar refractivity (Wildman–Crippen MR) is 133 cm³/mol. The number of ketones is 2. The molecule has 1 N–H and O–H groups in total. The molecule has 0 saturated heterocycles. The highest BCUT2D eigenvalue weighted by Gasteiger charge is 2.73. The van der Waals surface area contributed by atoms with Gasteiger partial charge in [-0.2, -0.15) is 0 Å². The Bertz CT molecular complexity index is 1080. The summed E-state index contributed by atoms with van der Waals surface area (Å²) >= 11 is 7.01. The van der Waals surface area contributed by atoms with E-state index in [0.717, 1.165) is 5.57 Å². The maximum absolute atomic E-state index is 13.8. The molecule has 0 amide bonds. The van der Waals surface area contributed by atoms with E-state index in [4.69, 9.17) is 21.1 Å². The third-order valence-electron chi connectivity index (χ3n) is 9.24. The Kier molecular flexibility index (Phi) is 6.88. The lowest BCUT2D eigenvalue weighted by Gasteiger charge is -2.60. The summed E-state index contributed by atoms with van der Waals surface area (Å²) in [6.07, 6.45) is 5.34. The second-order valence-electron chi connectivity index (χ2n) is 11.1. The van der Waals surface area contributed by atoms with Crippen molar-refractivity contribution in [2.75, 3.05) is 6.61 Å². The highest BCUT2D eigenvalue weighted by molar-refractivity contribution is 6.21. The van der Waals surface area contributed by atoms with Crippen LogP contribution in [-0.4, -0.2) is 52.3 Å². The number of esters is 2. The van der Waals surface area contributed by atoms with E-state index in [-0.39, 0.29) is 42.8 Å². The van der Waals surface area contributed by atoms with Crippen LogP contribution in [-0.2, 0) is 28.7 Å². The molecule has 7 nitrogen and oxygen atoms in total. The monoisotopic (exact) mass is 518 g/mol. The molecule has 0 radical (unpaired) electrons. The molecule has 3 fully saturated rings. The van der Waals surface area contributed by atoms with Gasteiger partial charge in [0.25, 0.3) is 0 Å². The molecular weight excluding hydrogens is 484 g/mol. The highest BCUT2D eigenvalue weighted by atomic mass is 35.5. The molecule has 36 heavy (non-hydrogen) atoms. The van der Waals surface area contributed by atoms with Crippen LogP contribution in [0.3, 0.4) is 0 Å². The van der Waals surface area contributed by atoms with Crippen molar-refractivity contribution in [2.45, 2.75) is 76.9 Å². The molecule has 0 spiro atoms. The lowest BCUT2D eigenvalue weighted by atomic mass is 9.46. The highest BCUT2D eigenvalue weighted by Crippen LogP contribution is 2.69. The fraction of sp³-hybridized carbons (Fsp3) is 0.643. The number of carbonyl (C=O) groups excluding carboxylic acids is 4. The Morgan fingerprint density at radius 3 is 2.47 bits per heavy atom. The van der Waals surface area contributed by atoms with Gasteiger partial charge in [-0.25, -0.2) is 0 Å². The Balaban J connectivity index is 1.80. The Hall–Kier alpha value is -2.25. The molecule has 0 aromatic carbocycles. The number of aliphatic hydroxyl groups is 1. The summed E-state index contributed by atoms with van der Waals surface area (Å²) in [7, 11) is 0. The van der Waals surface area contributed by atoms with Crippen molar-refractivity contribution in [3.63, 3.8) is 0 Å². The SMILES string of the molecule is C=C1C[C@H]2[C@H]3[C@H]([C@H](O)C[C@]2(C)[C@]1(OC(=O)CC)C(=O)COC(=O)CC)[C@@]1(C)C=CC(=O)C=C1C[C@H]3Cl. The average Bonchev–Trinajstić information content (AvgIpc) is 3.04. The predicted octanol–water partition coefficient (Wildman–Crippen LogP) is 3.86. The molecule has 0 aromatic rings. The van der Waals surface area contributed by atoms with Crippen molar-refractivity contribution < 1.29 is 33.8 Å². The standard InChI is InChI=1S/C28H35ClO7/c1-6-22(33)35-14-21(32)28(36-23(34)7-2)15(3)10-18-24-19(29)12-16-11-17(30)8-9-26(16,4)25(24)20(31)13-27(18,28)5/h8-9,11,18-20,24-25,31H,3,6-7,10,12-14H2,1-2,4-5H3/t18-,19+,20+,24+,25-,26-,27-,28+/m0/s1. The zero-order valence-electron chi connectivity index (χ0n) is 21.3. The van der Waals surface area contributed by atoms with Crippen LogP contribution in [0.1, 0.15) is 59.8 Å². The third kappa shape index (κ3) is 3.73. The fourth-order valence-electron chi connectivity index (χ4n) is 7.54. The summed E-state index contributed by atoms with van der Waals surface area (Å²) < 4.78 is 11.1. The lowest BCUT2D eigenvalue weighted by molar-refractivity contribution is -0.195. The van der Waals surface area contributed by atoms with E-state index in [9.17, 15) is 24.3 Å². The number of hydrogen-bond donors (Lipinski definition) is 1. The van der Waals surface area contributed by atoms with Crippen LogP contribution in [0.5, 0.6) is 0 Å². The normalized spacial score (nSPS) is 41.1. The number of carbonyl (C=O) groups is 4. The number of allylic oxidation sites excluding steroid dienone is 4. The first-order valence-electron chi connectivity index (χ1n) is 12.7. The molecule has 0 heterocycles. The number of rotatable bonds is 6. The number of Topliss-reactive ketones (excluding diaryl/α,β-unsaturated/α-hetero) is 1. The Labute approximate surface area is 216 Å². The van der Waals surface area contributed by atoms with Crippen LogP contribution in [0.25, 0.3) is 0 Å². The van der Waals surface area contributed by atoms with Crippen molar-refractivity contribution in [1.29, 1.82) is 0 Å². The molecule has 8 atom stereocenters. The van der Waals surface area contributed by atoms with Gasteiger partial charge < -0.3 is 14.6 Å². The molecule has 0 aliphatic heterocycles. The number of alkyl halides is 1. The van der Waals surface area contributed by atoms with E-state index < -0.39 is 52.2 Å². The number of fused-ring (bicyclic) bond motifs is 5. The topological polar surface area (TPSA) is 107 Å². The number of halogens is 1. The molecule has 8 heteroatoms. The van der Waals surface area contributed by atoms with Gasteiger partial charge in [0.2, 0.25) is 5.78 Å². The van der Waals surface area contributed by atoms with Gasteiger partial charge in [0.1, 0.15) is 0 Å². The largest absolute Gasteiger partial charge is 0.457 e. The van der Waals surface area contributed by atoms with Crippen molar-refractivity contribution in [3.8, 4) is 0 Å². The van der Waals surface area contributed by atoms with Crippen LogP contribution < -0.4 is 0 Å². The number of hydrogen-bond acceptors (Lipinski definition) is 7. The summed E-state index contributed by atoms with van der Waals surface area (Å²) in [6, 6.07) is 0. The summed E-state index contributed by atoms with van der Waals surface area (Å²) in [5, 5.41) is 11.3. The molecule has 3 saturated carbocycles. The van der Waals surface area contributed by atoms with Gasteiger partial charge in [0, 0.05) is 35.0 Å². The first-order chi connectivity index (χ1) is 16.9. The molecule has 4 aliphatic rings. The maximum atomic E-state index is 13.8. The fourth-order valence-corrected chi connectivity index (χ4v) is 8.04. The summed E-state index contributed by atoms with van der Waals surface area (Å²) in [6.45, 7) is 10.8. The van der Waals surface area contributed by atoms with Crippen LogP contribution in [0.4, 0.5) is 0 Å². The van der Waals surface area contributed by atoms with Crippen LogP contribution in [0, 0.1) is 28.6 Å². The molecular formula is C28H35ClO7. The molecule has 4 rings (SSSR count). The average molecular weight is 519 g/mol. The molecule has 196 valence electrons. The van der Waals surface area contributed by atoms with E-state index in [2.05, 4.69) is 6.58 Å². The Morgan fingerprint density at radius 2 is 1.83 bits per heavy atom. The molecule has 0 unspecified atom stereocenters. The first kappa shape index (κ1) is 26.8. The first-order valence-corrected chi connectivity index (χ1v) is 13.1. The van der Waals surface area contributed by atoms with Gasteiger partial charge in [-0.3, -0.25) is 19.2 Å². The van der Waals surface area contributed by atoms with Gasteiger partial charge in [-0.15, -0.1) is 11.6 Å². The van der Waals surface area contributed by atoms with E-state index >= 15 is 0 Å². The second kappa shape index (κ2) is 9.25. The summed E-state index contributed by atoms with van der Waals surface area (Å²) in [4.78, 5) is 50.4. The van der Waals surface area contributed by atoms with E-state index in [1.807, 2.05) is 19.9 Å². The second-order valence-corrected chi connectivity index (χ2v) is 11.6. The van der Waals surface area contributed by atoms with Crippen LogP contribution in [0.2, 0.25) is 0 Å². The van der Waals surface area contributed by atoms with E-state index in [1.54, 1.807) is 26.0 Å². The van der Waals surface area contributed by atoms with Crippen molar-refractivity contribution in [1.82, 2.24) is 0 Å². The lowest BCUT2D eigenvalue weighted by Crippen LogP contribution is -2.64. The van der Waals surface area contributed by atoms with Gasteiger partial charge in [0.15, 0.2) is 18.0 Å². The van der Waals surface area contributed by atoms with Crippen LogP contribution >= 0.6 is 11.6 Å². The maximum Gasteiger partial charge on any atom is 0.306 e. The van der Waals surface area contributed by atoms with Gasteiger partial charge in [0.05, 0.1) is 6.10 Å². The van der Waals surface area contributed by atoms with Gasteiger partial charge >= 0.3 is 11.9 Å². The molecule has 4 aliphatic carbocycles. The number of aliphatic hydroxyl groups excluding tert-OH is 1. The minimum Gasteiger partial charge on any atom is -0.457 e. The zero-order valence-corrected chi connectivity index (χ0v) is 22.1. The third-order valence-corrected chi connectivity index (χ3v) is 9.69. The molecule has 0 bridgehead atoms. The van der Waals surface area contributed by atoms with Crippen molar-refractivity contribution in [2.24, 2.45) is 28.6 Å². The minimum atomic E-state index is -1.74. The van der Waals surface area contributed by atoms with E-state index in [0.29, 0.717) is 18.4 Å². The van der Waals surface area contributed by atoms with Gasteiger partial charge in [-0.1, -0.05) is 45.9 Å². The molecule has 0 aromatic heterocycles. The summed E-state index contributed by atoms with van der Waals surface area (Å²) in [5.41, 5.74) is -1.97. The summed E-state index contributed by atoms with van der Waals surface area (Å²) in [5.74, 6) is -2.49. The van der Waals surface area contributed by atoms with Crippen molar-refractivity contribution in [3.05, 3.63) is 36.0 Å². The minimum absolute atomic E-state index is 0.0512. The van der Waals surface area contributed by atoms with Crippen LogP contribution in [0.15, 0.2) is 36.0 Å². The quantitative estimate of drug-likeness (QED) is 0.323. The van der Waals surface area contributed by atoms with Gasteiger partial charge in [-0.05, 0) is 48.8 Å². The van der Waals surface area contributed by atoms with Crippen molar-refractivity contribution >= 4 is 35.1 Å².